The standard InChI is InChI=1S/C20H25F3N2O2S/c1-12-13(2)17(11-10-16(12)20(21,22)23)24-18(26)14-6-8-15(9-7-14)25-28(27)19(3,4)5/h6-8,10-11,15,25H,9H2,1-5H3,(H,24,26). The first-order valence-corrected chi connectivity index (χ1v) is 10.0. The van der Waals surface area contributed by atoms with Crippen LogP contribution in [0.5, 0.6) is 0 Å². The third-order valence-corrected chi connectivity index (χ3v) is 6.15. The van der Waals surface area contributed by atoms with Gasteiger partial charge in [-0.25, -0.2) is 8.93 Å². The number of halogens is 3. The lowest BCUT2D eigenvalue weighted by Gasteiger charge is -2.23. The summed E-state index contributed by atoms with van der Waals surface area (Å²) in [6, 6.07) is 2.10. The van der Waals surface area contributed by atoms with Crippen molar-refractivity contribution in [2.75, 3.05) is 5.32 Å². The third kappa shape index (κ3) is 5.32. The number of anilines is 1. The quantitative estimate of drug-likeness (QED) is 0.758. The zero-order valence-electron chi connectivity index (χ0n) is 16.5. The van der Waals surface area contributed by atoms with Crippen molar-refractivity contribution in [3.8, 4) is 0 Å². The number of amides is 1. The number of carbonyl (C=O) groups is 1. The molecule has 2 rings (SSSR count). The fourth-order valence-corrected chi connectivity index (χ4v) is 3.45. The smallest absolute Gasteiger partial charge is 0.322 e. The Kier molecular flexibility index (Phi) is 6.55. The van der Waals surface area contributed by atoms with Gasteiger partial charge in [0.1, 0.15) is 0 Å². The summed E-state index contributed by atoms with van der Waals surface area (Å²) in [6.45, 7) is 8.54. The van der Waals surface area contributed by atoms with Gasteiger partial charge in [0, 0.05) is 17.3 Å². The molecule has 154 valence electrons. The highest BCUT2D eigenvalue weighted by Gasteiger charge is 2.33. The minimum atomic E-state index is -4.43. The summed E-state index contributed by atoms with van der Waals surface area (Å²) in [5.74, 6) is -0.395. The third-order valence-electron chi connectivity index (χ3n) is 4.52. The van der Waals surface area contributed by atoms with Crippen molar-refractivity contribution in [1.29, 1.82) is 0 Å². The van der Waals surface area contributed by atoms with E-state index in [1.807, 2.05) is 20.8 Å². The first-order chi connectivity index (χ1) is 12.8. The molecule has 0 bridgehead atoms. The highest BCUT2D eigenvalue weighted by molar-refractivity contribution is 7.84. The number of hydrogen-bond donors (Lipinski definition) is 2. The van der Waals surface area contributed by atoms with Crippen LogP contribution in [0.3, 0.4) is 0 Å². The number of hydrogen-bond acceptors (Lipinski definition) is 2. The second-order valence-electron chi connectivity index (χ2n) is 7.72. The monoisotopic (exact) mass is 414 g/mol. The number of nitrogens with one attached hydrogen (secondary N) is 2. The van der Waals surface area contributed by atoms with Crippen molar-refractivity contribution < 1.29 is 22.2 Å². The largest absolute Gasteiger partial charge is 0.416 e. The first kappa shape index (κ1) is 22.4. The molecule has 1 aromatic rings. The van der Waals surface area contributed by atoms with Crippen LogP contribution in [-0.2, 0) is 22.0 Å². The lowest BCUT2D eigenvalue weighted by Crippen LogP contribution is -2.39. The molecule has 1 amide bonds. The molecule has 1 aromatic carbocycles. The van der Waals surface area contributed by atoms with Crippen LogP contribution >= 0.6 is 0 Å². The van der Waals surface area contributed by atoms with Crippen molar-refractivity contribution in [2.24, 2.45) is 0 Å². The number of carbonyl (C=O) groups excluding carboxylic acids is 1. The van der Waals surface area contributed by atoms with Crippen LogP contribution in [-0.4, -0.2) is 20.9 Å². The molecule has 0 heterocycles. The SMILES string of the molecule is Cc1c(NC(=O)C2=CCC(NS(=O)C(C)(C)C)C=C2)ccc(C(F)(F)F)c1C. The van der Waals surface area contributed by atoms with Crippen molar-refractivity contribution in [3.63, 3.8) is 0 Å². The van der Waals surface area contributed by atoms with Crippen LogP contribution in [0.1, 0.15) is 43.9 Å². The molecule has 2 unspecified atom stereocenters. The lowest BCUT2D eigenvalue weighted by molar-refractivity contribution is -0.138. The zero-order valence-corrected chi connectivity index (χ0v) is 17.3. The maximum atomic E-state index is 13.0. The van der Waals surface area contributed by atoms with E-state index < -0.39 is 33.4 Å². The normalized spacial score (nSPS) is 18.6. The second-order valence-corrected chi connectivity index (χ2v) is 9.72. The maximum Gasteiger partial charge on any atom is 0.416 e. The molecule has 1 aliphatic carbocycles. The van der Waals surface area contributed by atoms with Gasteiger partial charge < -0.3 is 5.32 Å². The molecule has 0 fully saturated rings. The molecule has 0 saturated carbocycles. The molecule has 28 heavy (non-hydrogen) atoms. The molecule has 0 aliphatic heterocycles. The summed E-state index contributed by atoms with van der Waals surface area (Å²) in [4.78, 5) is 12.5. The van der Waals surface area contributed by atoms with Gasteiger partial charge in [0.25, 0.3) is 5.91 Å². The van der Waals surface area contributed by atoms with Gasteiger partial charge >= 0.3 is 6.18 Å². The van der Waals surface area contributed by atoms with Gasteiger partial charge in [-0.1, -0.05) is 18.2 Å². The number of alkyl halides is 3. The summed E-state index contributed by atoms with van der Waals surface area (Å²) >= 11 is 0. The van der Waals surface area contributed by atoms with E-state index in [9.17, 15) is 22.2 Å². The predicted octanol–water partition coefficient (Wildman–Crippen LogP) is 4.57. The number of benzene rings is 1. The Hall–Kier alpha value is -1.93. The molecule has 0 aromatic heterocycles. The molecular formula is C20H25F3N2O2S. The predicted molar refractivity (Wildman–Crippen MR) is 106 cm³/mol. The van der Waals surface area contributed by atoms with Crippen LogP contribution in [0.4, 0.5) is 18.9 Å². The van der Waals surface area contributed by atoms with E-state index in [1.165, 1.54) is 13.0 Å². The molecule has 0 radical (unpaired) electrons. The van der Waals surface area contributed by atoms with Crippen LogP contribution in [0.15, 0.2) is 35.9 Å². The lowest BCUT2D eigenvalue weighted by atomic mass is 10.00. The van der Waals surface area contributed by atoms with Crippen molar-refractivity contribution >= 4 is 22.6 Å². The van der Waals surface area contributed by atoms with Crippen molar-refractivity contribution in [3.05, 3.63) is 52.6 Å². The van der Waals surface area contributed by atoms with E-state index in [2.05, 4.69) is 10.0 Å². The van der Waals surface area contributed by atoms with Gasteiger partial charge in [0.2, 0.25) is 0 Å². The molecular weight excluding hydrogens is 389 g/mol. The van der Waals surface area contributed by atoms with E-state index in [0.29, 0.717) is 23.2 Å². The van der Waals surface area contributed by atoms with Crippen LogP contribution < -0.4 is 10.0 Å². The van der Waals surface area contributed by atoms with Gasteiger partial charge in [-0.05, 0) is 64.3 Å². The molecule has 2 atom stereocenters. The maximum absolute atomic E-state index is 13.0. The minimum absolute atomic E-state index is 0.0902. The van der Waals surface area contributed by atoms with Gasteiger partial charge in [0.05, 0.1) is 21.3 Å². The fraction of sp³-hybridized carbons (Fsp3) is 0.450. The average Bonchev–Trinajstić information content (AvgIpc) is 2.57. The highest BCUT2D eigenvalue weighted by Crippen LogP contribution is 2.35. The zero-order chi connectivity index (χ0) is 21.3. The van der Waals surface area contributed by atoms with Gasteiger partial charge in [-0.15, -0.1) is 0 Å². The molecule has 2 N–H and O–H groups in total. The van der Waals surface area contributed by atoms with Crippen LogP contribution in [0.2, 0.25) is 0 Å². The molecule has 1 aliphatic rings. The van der Waals surface area contributed by atoms with Crippen LogP contribution in [0, 0.1) is 13.8 Å². The Morgan fingerprint density at radius 2 is 1.79 bits per heavy atom. The molecule has 0 saturated heterocycles. The van der Waals surface area contributed by atoms with E-state index in [0.717, 1.165) is 6.07 Å². The minimum Gasteiger partial charge on any atom is -0.322 e. The number of rotatable bonds is 4. The second kappa shape index (κ2) is 8.21. The molecule has 8 heteroatoms. The Labute approximate surface area is 165 Å². The van der Waals surface area contributed by atoms with Crippen LogP contribution in [0.25, 0.3) is 0 Å². The average molecular weight is 414 g/mol. The first-order valence-electron chi connectivity index (χ1n) is 8.86. The van der Waals surface area contributed by atoms with E-state index in [-0.39, 0.29) is 11.6 Å². The summed E-state index contributed by atoms with van der Waals surface area (Å²) in [5.41, 5.74) is 0.520. The van der Waals surface area contributed by atoms with Crippen molar-refractivity contribution in [1.82, 2.24) is 4.72 Å². The van der Waals surface area contributed by atoms with Gasteiger partial charge in [-0.2, -0.15) is 13.2 Å². The summed E-state index contributed by atoms with van der Waals surface area (Å²) in [7, 11) is -1.23. The summed E-state index contributed by atoms with van der Waals surface area (Å²) in [5, 5.41) is 2.67. The van der Waals surface area contributed by atoms with E-state index >= 15 is 0 Å². The molecule has 0 spiro atoms. The summed E-state index contributed by atoms with van der Waals surface area (Å²) < 4.78 is 53.7. The van der Waals surface area contributed by atoms with E-state index in [1.54, 1.807) is 25.2 Å². The Bertz CT molecular complexity index is 852. The van der Waals surface area contributed by atoms with Crippen molar-refractivity contribution in [2.45, 2.75) is 58.0 Å². The van der Waals surface area contributed by atoms with Gasteiger partial charge in [0.15, 0.2) is 0 Å². The van der Waals surface area contributed by atoms with Gasteiger partial charge in [-0.3, -0.25) is 4.79 Å². The fourth-order valence-electron chi connectivity index (χ4n) is 2.65. The molecule has 4 nitrogen and oxygen atoms in total. The Morgan fingerprint density at radius 3 is 2.29 bits per heavy atom. The Morgan fingerprint density at radius 1 is 1.14 bits per heavy atom. The topological polar surface area (TPSA) is 58.2 Å². The summed E-state index contributed by atoms with van der Waals surface area (Å²) in [6.07, 6.45) is 1.18. The highest BCUT2D eigenvalue weighted by atomic mass is 32.2. The van der Waals surface area contributed by atoms with E-state index in [4.69, 9.17) is 0 Å². The Balaban J connectivity index is 2.06.